The number of benzene rings is 1. The summed E-state index contributed by atoms with van der Waals surface area (Å²) in [5.41, 5.74) is 1.98. The number of para-hydroxylation sites is 2. The van der Waals surface area contributed by atoms with Crippen molar-refractivity contribution in [2.24, 2.45) is 0 Å². The van der Waals surface area contributed by atoms with E-state index in [2.05, 4.69) is 28.6 Å². The lowest BCUT2D eigenvalue weighted by Gasteiger charge is -2.32. The molecule has 1 aromatic heterocycles. The molecule has 0 spiro atoms. The van der Waals surface area contributed by atoms with Gasteiger partial charge in [0.25, 0.3) is 0 Å². The number of carbonyl (C=O) groups is 1. The maximum atomic E-state index is 12.9. The molecule has 2 unspecified atom stereocenters. The van der Waals surface area contributed by atoms with E-state index < -0.39 is 0 Å². The first-order valence-electron chi connectivity index (χ1n) is 9.08. The number of amides is 1. The second kappa shape index (κ2) is 6.20. The van der Waals surface area contributed by atoms with E-state index in [0.29, 0.717) is 24.7 Å². The normalized spacial score (nSPS) is 24.7. The lowest BCUT2D eigenvalue weighted by atomic mass is 10.1. The number of fused-ring (bicyclic) bond motifs is 3. The number of hydrogen-bond acceptors (Lipinski definition) is 3. The third-order valence-corrected chi connectivity index (χ3v) is 5.62. The zero-order chi connectivity index (χ0) is 16.7. The van der Waals surface area contributed by atoms with Gasteiger partial charge in [0.15, 0.2) is 0 Å². The van der Waals surface area contributed by atoms with Crippen LogP contribution in [0.5, 0.6) is 0 Å². The predicted octanol–water partition coefficient (Wildman–Crippen LogP) is 2.51. The van der Waals surface area contributed by atoms with Crippen LogP contribution in [0, 0.1) is 0 Å². The summed E-state index contributed by atoms with van der Waals surface area (Å²) in [6, 6.07) is 9.74. The molecule has 4 rings (SSSR count). The highest BCUT2D eigenvalue weighted by molar-refractivity contribution is 5.80. The summed E-state index contributed by atoms with van der Waals surface area (Å²) in [6.07, 6.45) is 5.40. The number of likely N-dealkylation sites (tertiary alicyclic amines) is 1. The van der Waals surface area contributed by atoms with Crippen LogP contribution in [-0.2, 0) is 11.3 Å². The standard InChI is InChI=1S/C19H26N4O/c1-14(2)23-15-7-8-16(23)11-21(10-9-15)19(24)12-22-13-20-17-5-3-4-6-18(17)22/h3-6,13-16H,7-12H2,1-2H3. The average molecular weight is 326 g/mol. The number of carbonyl (C=O) groups excluding carboxylic acids is 1. The molecule has 0 saturated carbocycles. The summed E-state index contributed by atoms with van der Waals surface area (Å²) >= 11 is 0. The molecule has 1 amide bonds. The highest BCUT2D eigenvalue weighted by Crippen LogP contribution is 2.32. The predicted molar refractivity (Wildman–Crippen MR) is 94.7 cm³/mol. The lowest BCUT2D eigenvalue weighted by Crippen LogP contribution is -2.44. The topological polar surface area (TPSA) is 41.4 Å². The summed E-state index contributed by atoms with van der Waals surface area (Å²) in [7, 11) is 0. The monoisotopic (exact) mass is 326 g/mol. The van der Waals surface area contributed by atoms with Crippen LogP contribution in [0.4, 0.5) is 0 Å². The zero-order valence-electron chi connectivity index (χ0n) is 14.6. The zero-order valence-corrected chi connectivity index (χ0v) is 14.6. The maximum absolute atomic E-state index is 12.9. The summed E-state index contributed by atoms with van der Waals surface area (Å²) in [6.45, 7) is 6.70. The molecular formula is C19H26N4O. The van der Waals surface area contributed by atoms with E-state index in [0.717, 1.165) is 30.5 Å². The minimum Gasteiger partial charge on any atom is -0.340 e. The first-order valence-corrected chi connectivity index (χ1v) is 9.08. The van der Waals surface area contributed by atoms with Gasteiger partial charge in [-0.3, -0.25) is 9.69 Å². The molecule has 1 aromatic carbocycles. The highest BCUT2D eigenvalue weighted by atomic mass is 16.2. The van der Waals surface area contributed by atoms with Crippen LogP contribution < -0.4 is 0 Å². The molecule has 2 saturated heterocycles. The van der Waals surface area contributed by atoms with E-state index in [-0.39, 0.29) is 5.91 Å². The van der Waals surface area contributed by atoms with Crippen LogP contribution >= 0.6 is 0 Å². The van der Waals surface area contributed by atoms with Gasteiger partial charge in [-0.05, 0) is 45.2 Å². The van der Waals surface area contributed by atoms with Gasteiger partial charge in [-0.1, -0.05) is 12.1 Å². The Morgan fingerprint density at radius 2 is 2.00 bits per heavy atom. The molecule has 5 nitrogen and oxygen atoms in total. The van der Waals surface area contributed by atoms with Crippen LogP contribution in [0.3, 0.4) is 0 Å². The van der Waals surface area contributed by atoms with Crippen molar-refractivity contribution >= 4 is 16.9 Å². The van der Waals surface area contributed by atoms with Crippen molar-refractivity contribution in [1.29, 1.82) is 0 Å². The average Bonchev–Trinajstić information content (AvgIpc) is 3.08. The van der Waals surface area contributed by atoms with Crippen LogP contribution in [0.25, 0.3) is 11.0 Å². The Bertz CT molecular complexity index is 738. The molecule has 128 valence electrons. The molecular weight excluding hydrogens is 300 g/mol. The van der Waals surface area contributed by atoms with Gasteiger partial charge in [0, 0.05) is 31.2 Å². The molecule has 2 aliphatic heterocycles. The summed E-state index contributed by atoms with van der Waals surface area (Å²) in [5.74, 6) is 0.217. The van der Waals surface area contributed by atoms with E-state index in [1.807, 2.05) is 28.8 Å². The molecule has 2 aromatic rings. The third-order valence-electron chi connectivity index (χ3n) is 5.62. The molecule has 2 aliphatic rings. The SMILES string of the molecule is CC(C)N1C2CCC1CN(C(=O)Cn1cnc3ccccc31)CC2. The van der Waals surface area contributed by atoms with Gasteiger partial charge < -0.3 is 9.47 Å². The summed E-state index contributed by atoms with van der Waals surface area (Å²) in [4.78, 5) is 22.0. The van der Waals surface area contributed by atoms with E-state index in [9.17, 15) is 4.79 Å². The smallest absolute Gasteiger partial charge is 0.242 e. The van der Waals surface area contributed by atoms with E-state index >= 15 is 0 Å². The Morgan fingerprint density at radius 1 is 1.21 bits per heavy atom. The van der Waals surface area contributed by atoms with Gasteiger partial charge in [0.05, 0.1) is 17.4 Å². The molecule has 0 N–H and O–H groups in total. The first-order chi connectivity index (χ1) is 11.6. The number of aromatic nitrogens is 2. The Morgan fingerprint density at radius 3 is 2.83 bits per heavy atom. The fraction of sp³-hybridized carbons (Fsp3) is 0.579. The molecule has 2 bridgehead atoms. The van der Waals surface area contributed by atoms with E-state index in [1.54, 1.807) is 6.33 Å². The molecule has 2 atom stereocenters. The number of hydrogen-bond donors (Lipinski definition) is 0. The number of imidazole rings is 1. The third kappa shape index (κ3) is 2.71. The number of rotatable bonds is 3. The fourth-order valence-corrected chi connectivity index (χ4v) is 4.56. The first kappa shape index (κ1) is 15.6. The summed E-state index contributed by atoms with van der Waals surface area (Å²) in [5, 5.41) is 0. The van der Waals surface area contributed by atoms with Crippen LogP contribution in [0.15, 0.2) is 30.6 Å². The van der Waals surface area contributed by atoms with Crippen molar-refractivity contribution in [2.45, 2.75) is 57.8 Å². The summed E-state index contributed by atoms with van der Waals surface area (Å²) < 4.78 is 1.97. The van der Waals surface area contributed by atoms with Crippen molar-refractivity contribution in [2.75, 3.05) is 13.1 Å². The largest absolute Gasteiger partial charge is 0.340 e. The van der Waals surface area contributed by atoms with Crippen molar-refractivity contribution < 1.29 is 4.79 Å². The maximum Gasteiger partial charge on any atom is 0.242 e. The number of nitrogens with zero attached hydrogens (tertiary/aromatic N) is 4. The van der Waals surface area contributed by atoms with E-state index in [4.69, 9.17) is 0 Å². The second-order valence-corrected chi connectivity index (χ2v) is 7.42. The molecule has 0 aliphatic carbocycles. The minimum absolute atomic E-state index is 0.217. The quantitative estimate of drug-likeness (QED) is 0.870. The van der Waals surface area contributed by atoms with Gasteiger partial charge in [-0.15, -0.1) is 0 Å². The van der Waals surface area contributed by atoms with Gasteiger partial charge in [-0.2, -0.15) is 0 Å². The Labute approximate surface area is 143 Å². The van der Waals surface area contributed by atoms with Gasteiger partial charge in [0.1, 0.15) is 6.54 Å². The molecule has 2 fully saturated rings. The van der Waals surface area contributed by atoms with Crippen LogP contribution in [-0.4, -0.2) is 56.5 Å². The molecule has 3 heterocycles. The molecule has 5 heteroatoms. The van der Waals surface area contributed by atoms with Gasteiger partial charge in [0.2, 0.25) is 5.91 Å². The van der Waals surface area contributed by atoms with Crippen LogP contribution in [0.1, 0.15) is 33.1 Å². The van der Waals surface area contributed by atoms with Gasteiger partial charge >= 0.3 is 0 Å². The van der Waals surface area contributed by atoms with Crippen molar-refractivity contribution in [3.63, 3.8) is 0 Å². The van der Waals surface area contributed by atoms with Crippen molar-refractivity contribution in [3.8, 4) is 0 Å². The van der Waals surface area contributed by atoms with Crippen LogP contribution in [0.2, 0.25) is 0 Å². The minimum atomic E-state index is 0.217. The van der Waals surface area contributed by atoms with Gasteiger partial charge in [-0.25, -0.2) is 4.98 Å². The van der Waals surface area contributed by atoms with Crippen molar-refractivity contribution in [1.82, 2.24) is 19.4 Å². The lowest BCUT2D eigenvalue weighted by molar-refractivity contribution is -0.132. The Hall–Kier alpha value is -1.88. The Kier molecular flexibility index (Phi) is 4.04. The Balaban J connectivity index is 1.49. The molecule has 24 heavy (non-hydrogen) atoms. The van der Waals surface area contributed by atoms with Crippen molar-refractivity contribution in [3.05, 3.63) is 30.6 Å². The molecule has 0 radical (unpaired) electrons. The van der Waals surface area contributed by atoms with E-state index in [1.165, 1.54) is 12.8 Å². The highest BCUT2D eigenvalue weighted by Gasteiger charge is 2.39. The fourth-order valence-electron chi connectivity index (χ4n) is 4.56. The second-order valence-electron chi connectivity index (χ2n) is 7.42.